The third-order valence-corrected chi connectivity index (χ3v) is 5.06. The van der Waals surface area contributed by atoms with Gasteiger partial charge in [0.2, 0.25) is 0 Å². The molecule has 0 aliphatic heterocycles. The summed E-state index contributed by atoms with van der Waals surface area (Å²) in [5.41, 5.74) is 8.87. The van der Waals surface area contributed by atoms with Crippen LogP contribution in [-0.4, -0.2) is 16.8 Å². The Kier molecular flexibility index (Phi) is 5.61. The molecule has 5 heteroatoms. The number of aromatic nitrogens is 1. The van der Waals surface area contributed by atoms with Crippen molar-refractivity contribution in [1.82, 2.24) is 9.99 Å². The highest BCUT2D eigenvalue weighted by Crippen LogP contribution is 2.21. The summed E-state index contributed by atoms with van der Waals surface area (Å²) >= 11 is 0. The van der Waals surface area contributed by atoms with Crippen molar-refractivity contribution in [3.63, 3.8) is 0 Å². The van der Waals surface area contributed by atoms with Crippen LogP contribution in [0.25, 0.3) is 10.9 Å². The molecular weight excluding hydrogens is 372 g/mol. The molecule has 0 fully saturated rings. The van der Waals surface area contributed by atoms with Gasteiger partial charge >= 0.3 is 6.03 Å². The smallest absolute Gasteiger partial charge is 0.339 e. The van der Waals surface area contributed by atoms with Crippen molar-refractivity contribution in [2.45, 2.75) is 20.4 Å². The number of nitrogens with zero attached hydrogens (tertiary/aromatic N) is 2. The van der Waals surface area contributed by atoms with E-state index in [2.05, 4.69) is 69.9 Å². The molecule has 0 saturated carbocycles. The van der Waals surface area contributed by atoms with Crippen molar-refractivity contribution in [2.24, 2.45) is 5.10 Å². The molecule has 0 radical (unpaired) electrons. The fraction of sp³-hybridized carbons (Fsp3) is 0.120. The number of hydrazone groups is 1. The SMILES string of the molecule is Cc1ccc(Cn2cc(C=NNC(=O)Nc3ccccc3C)c3ccccc32)cc1. The molecule has 4 aromatic rings. The first-order valence-corrected chi connectivity index (χ1v) is 9.89. The van der Waals surface area contributed by atoms with Crippen LogP contribution in [0.15, 0.2) is 84.1 Å². The van der Waals surface area contributed by atoms with Crippen LogP contribution >= 0.6 is 0 Å². The van der Waals surface area contributed by atoms with Gasteiger partial charge in [-0.3, -0.25) is 0 Å². The lowest BCUT2D eigenvalue weighted by molar-refractivity contribution is 0.252. The normalized spacial score (nSPS) is 11.1. The van der Waals surface area contributed by atoms with Gasteiger partial charge in [-0.2, -0.15) is 5.10 Å². The van der Waals surface area contributed by atoms with E-state index < -0.39 is 0 Å². The highest BCUT2D eigenvalue weighted by Gasteiger charge is 2.08. The van der Waals surface area contributed by atoms with E-state index in [-0.39, 0.29) is 6.03 Å². The summed E-state index contributed by atoms with van der Waals surface area (Å²) in [6.45, 7) is 4.81. The number of carbonyl (C=O) groups excluding carboxylic acids is 1. The van der Waals surface area contributed by atoms with Crippen molar-refractivity contribution < 1.29 is 4.79 Å². The molecule has 0 aliphatic rings. The lowest BCUT2D eigenvalue weighted by Gasteiger charge is -2.06. The molecule has 4 rings (SSSR count). The standard InChI is InChI=1S/C25H24N4O/c1-18-11-13-20(14-12-18)16-29-17-21(22-8-4-6-10-24(22)29)15-26-28-25(30)27-23-9-5-3-7-19(23)2/h3-15,17H,16H2,1-2H3,(H2,27,28,30). The molecule has 0 spiro atoms. The molecule has 2 N–H and O–H groups in total. The number of anilines is 1. The van der Waals surface area contributed by atoms with Crippen molar-refractivity contribution in [3.05, 3.63) is 101 Å². The van der Waals surface area contributed by atoms with E-state index in [9.17, 15) is 4.79 Å². The Morgan fingerprint density at radius 2 is 1.70 bits per heavy atom. The molecule has 2 amide bonds. The van der Waals surface area contributed by atoms with Gasteiger partial charge in [0, 0.05) is 34.9 Å². The Balaban J connectivity index is 1.50. The van der Waals surface area contributed by atoms with Gasteiger partial charge in [-0.05, 0) is 37.1 Å². The van der Waals surface area contributed by atoms with E-state index in [1.54, 1.807) is 6.21 Å². The average Bonchev–Trinajstić information content (AvgIpc) is 3.09. The lowest BCUT2D eigenvalue weighted by Crippen LogP contribution is -2.24. The van der Waals surface area contributed by atoms with Gasteiger partial charge in [0.1, 0.15) is 0 Å². The number of carbonyl (C=O) groups is 1. The second-order valence-electron chi connectivity index (χ2n) is 7.35. The number of amides is 2. The Labute approximate surface area is 176 Å². The number of rotatable bonds is 5. The molecule has 0 aliphatic carbocycles. The van der Waals surface area contributed by atoms with Crippen molar-refractivity contribution >= 4 is 28.8 Å². The zero-order valence-corrected chi connectivity index (χ0v) is 17.1. The zero-order chi connectivity index (χ0) is 20.9. The molecule has 0 saturated heterocycles. The van der Waals surface area contributed by atoms with Crippen LogP contribution in [0, 0.1) is 13.8 Å². The van der Waals surface area contributed by atoms with Crippen LogP contribution in [0.2, 0.25) is 0 Å². The molecular formula is C25H24N4O. The summed E-state index contributed by atoms with van der Waals surface area (Å²) < 4.78 is 2.20. The minimum absolute atomic E-state index is 0.371. The molecule has 30 heavy (non-hydrogen) atoms. The maximum Gasteiger partial charge on any atom is 0.339 e. The van der Waals surface area contributed by atoms with E-state index in [0.29, 0.717) is 0 Å². The fourth-order valence-electron chi connectivity index (χ4n) is 3.42. The van der Waals surface area contributed by atoms with Gasteiger partial charge in [-0.1, -0.05) is 66.2 Å². The van der Waals surface area contributed by atoms with Crippen LogP contribution in [-0.2, 0) is 6.54 Å². The van der Waals surface area contributed by atoms with Crippen LogP contribution in [0.1, 0.15) is 22.3 Å². The minimum atomic E-state index is -0.371. The van der Waals surface area contributed by atoms with Crippen molar-refractivity contribution in [1.29, 1.82) is 0 Å². The first-order chi connectivity index (χ1) is 14.6. The number of benzene rings is 3. The second kappa shape index (κ2) is 8.66. The highest BCUT2D eigenvalue weighted by atomic mass is 16.2. The quantitative estimate of drug-likeness (QED) is 0.341. The molecule has 5 nitrogen and oxygen atoms in total. The van der Waals surface area contributed by atoms with E-state index in [1.807, 2.05) is 43.3 Å². The second-order valence-corrected chi connectivity index (χ2v) is 7.35. The minimum Gasteiger partial charge on any atom is -0.342 e. The summed E-state index contributed by atoms with van der Waals surface area (Å²) in [6.07, 6.45) is 3.75. The van der Waals surface area contributed by atoms with Gasteiger partial charge in [-0.15, -0.1) is 0 Å². The number of urea groups is 1. The Morgan fingerprint density at radius 1 is 0.967 bits per heavy atom. The van der Waals surface area contributed by atoms with Crippen LogP contribution in [0.3, 0.4) is 0 Å². The zero-order valence-electron chi connectivity index (χ0n) is 17.1. The van der Waals surface area contributed by atoms with Gasteiger partial charge in [-0.25, -0.2) is 10.2 Å². The Bertz CT molecular complexity index is 1210. The third-order valence-electron chi connectivity index (χ3n) is 5.06. The van der Waals surface area contributed by atoms with E-state index in [1.165, 1.54) is 11.1 Å². The molecule has 0 unspecified atom stereocenters. The maximum atomic E-state index is 12.2. The predicted octanol–water partition coefficient (Wildman–Crippen LogP) is 5.46. The summed E-state index contributed by atoms with van der Waals surface area (Å²) in [5.74, 6) is 0. The van der Waals surface area contributed by atoms with Gasteiger partial charge in [0.05, 0.1) is 6.21 Å². The largest absolute Gasteiger partial charge is 0.342 e. The molecule has 3 aromatic carbocycles. The number of nitrogens with one attached hydrogen (secondary N) is 2. The summed E-state index contributed by atoms with van der Waals surface area (Å²) in [5, 5.41) is 8.05. The molecule has 1 aromatic heterocycles. The predicted molar refractivity (Wildman–Crippen MR) is 123 cm³/mol. The highest BCUT2D eigenvalue weighted by molar-refractivity contribution is 6.00. The average molecular weight is 396 g/mol. The lowest BCUT2D eigenvalue weighted by atomic mass is 10.1. The van der Waals surface area contributed by atoms with Crippen molar-refractivity contribution in [3.8, 4) is 0 Å². The number of para-hydroxylation sites is 2. The monoisotopic (exact) mass is 396 g/mol. The number of fused-ring (bicyclic) bond motifs is 1. The van der Waals surface area contributed by atoms with Crippen LogP contribution in [0.5, 0.6) is 0 Å². The van der Waals surface area contributed by atoms with E-state index in [0.717, 1.165) is 34.3 Å². The van der Waals surface area contributed by atoms with Crippen molar-refractivity contribution in [2.75, 3.05) is 5.32 Å². The fourth-order valence-corrected chi connectivity index (χ4v) is 3.42. The molecule has 1 heterocycles. The summed E-state index contributed by atoms with van der Waals surface area (Å²) in [4.78, 5) is 12.2. The summed E-state index contributed by atoms with van der Waals surface area (Å²) in [6, 6.07) is 24.0. The Morgan fingerprint density at radius 3 is 2.50 bits per heavy atom. The molecule has 0 bridgehead atoms. The van der Waals surface area contributed by atoms with Crippen LogP contribution in [0.4, 0.5) is 10.5 Å². The Hall–Kier alpha value is -3.86. The number of hydrogen-bond donors (Lipinski definition) is 2. The first-order valence-electron chi connectivity index (χ1n) is 9.89. The van der Waals surface area contributed by atoms with Gasteiger partial charge in [0.15, 0.2) is 0 Å². The van der Waals surface area contributed by atoms with E-state index >= 15 is 0 Å². The number of hydrogen-bond acceptors (Lipinski definition) is 2. The van der Waals surface area contributed by atoms with Gasteiger partial charge in [0.25, 0.3) is 0 Å². The van der Waals surface area contributed by atoms with E-state index in [4.69, 9.17) is 0 Å². The molecule has 150 valence electrons. The first kappa shape index (κ1) is 19.5. The van der Waals surface area contributed by atoms with Crippen LogP contribution < -0.4 is 10.7 Å². The summed E-state index contributed by atoms with van der Waals surface area (Å²) in [7, 11) is 0. The third kappa shape index (κ3) is 4.41. The number of aryl methyl sites for hydroxylation is 2. The maximum absolute atomic E-state index is 12.2. The van der Waals surface area contributed by atoms with Gasteiger partial charge < -0.3 is 9.88 Å². The topological polar surface area (TPSA) is 58.4 Å². The molecule has 0 atom stereocenters.